The Balaban J connectivity index is 0.00000133. The van der Waals surface area contributed by atoms with Crippen molar-refractivity contribution in [2.45, 2.75) is 52.5 Å². The number of aryl methyl sites for hydroxylation is 1. The summed E-state index contributed by atoms with van der Waals surface area (Å²) in [4.78, 5) is 16.5. The van der Waals surface area contributed by atoms with Gasteiger partial charge in [0.15, 0.2) is 5.78 Å². The van der Waals surface area contributed by atoms with Gasteiger partial charge in [0.1, 0.15) is 23.9 Å². The first-order valence-electron chi connectivity index (χ1n) is 12.0. The molecule has 0 radical (unpaired) electrons. The van der Waals surface area contributed by atoms with Gasteiger partial charge in [-0.1, -0.05) is 39.0 Å². The first-order valence-corrected chi connectivity index (χ1v) is 12.0. The molecule has 0 bridgehead atoms. The predicted octanol–water partition coefficient (Wildman–Crippen LogP) is 6.84. The Morgan fingerprint density at radius 2 is 1.82 bits per heavy atom. The van der Waals surface area contributed by atoms with E-state index in [1.165, 1.54) is 0 Å². The summed E-state index contributed by atoms with van der Waals surface area (Å²) in [7, 11) is 0. The molecule has 3 aromatic carbocycles. The maximum atomic E-state index is 11.9. The quantitative estimate of drug-likeness (QED) is 0.308. The van der Waals surface area contributed by atoms with E-state index in [4.69, 9.17) is 15.2 Å². The van der Waals surface area contributed by atoms with Gasteiger partial charge in [-0.15, -0.1) is 0 Å². The summed E-state index contributed by atoms with van der Waals surface area (Å²) < 4.78 is 12.3. The van der Waals surface area contributed by atoms with Gasteiger partial charge >= 0.3 is 0 Å². The van der Waals surface area contributed by atoms with Gasteiger partial charge in [-0.05, 0) is 72.9 Å². The number of rotatable bonds is 7. The normalized spacial score (nSPS) is 13.8. The van der Waals surface area contributed by atoms with E-state index < -0.39 is 0 Å². The standard InChI is InChI=1S/C27H26N2O3.C2H6/c1-3-18-14-23-24(15-26(18)31-16-27(28)10-11-27)29-12-9-25(23)32-20-7-8-22-19(13-20)5-4-6-21(22)17(2)30;1-2/h4-9,12-15H,3,10-11,16,28H2,1-2H3;1-2H3. The van der Waals surface area contributed by atoms with Crippen molar-refractivity contribution in [2.75, 3.05) is 6.61 Å². The molecule has 176 valence electrons. The number of hydrogen-bond donors (Lipinski definition) is 1. The average Bonchev–Trinajstić information content (AvgIpc) is 3.60. The zero-order valence-corrected chi connectivity index (χ0v) is 20.4. The van der Waals surface area contributed by atoms with Crippen LogP contribution in [-0.4, -0.2) is 22.9 Å². The number of carbonyl (C=O) groups is 1. The lowest BCUT2D eigenvalue weighted by Crippen LogP contribution is -2.30. The van der Waals surface area contributed by atoms with Crippen LogP contribution in [0.3, 0.4) is 0 Å². The number of nitrogens with zero attached hydrogens (tertiary/aromatic N) is 1. The molecule has 0 unspecified atom stereocenters. The van der Waals surface area contributed by atoms with E-state index in [1.54, 1.807) is 13.1 Å². The maximum absolute atomic E-state index is 11.9. The van der Waals surface area contributed by atoms with Crippen molar-refractivity contribution in [3.8, 4) is 17.2 Å². The number of Topliss-reactive ketones (excluding diaryl/α,β-unsaturated/α-hetero) is 1. The fraction of sp³-hybridized carbons (Fsp3) is 0.310. The zero-order chi connectivity index (χ0) is 24.3. The average molecular weight is 457 g/mol. The summed E-state index contributed by atoms with van der Waals surface area (Å²) in [6.07, 6.45) is 4.60. The monoisotopic (exact) mass is 456 g/mol. The van der Waals surface area contributed by atoms with E-state index in [1.807, 2.05) is 62.4 Å². The zero-order valence-electron chi connectivity index (χ0n) is 20.4. The molecule has 5 heteroatoms. The molecule has 0 amide bonds. The third-order valence-corrected chi connectivity index (χ3v) is 6.13. The third-order valence-electron chi connectivity index (χ3n) is 6.13. The van der Waals surface area contributed by atoms with E-state index in [0.29, 0.717) is 17.9 Å². The topological polar surface area (TPSA) is 74.4 Å². The fourth-order valence-electron chi connectivity index (χ4n) is 3.98. The van der Waals surface area contributed by atoms with Crippen LogP contribution in [0.4, 0.5) is 0 Å². The van der Waals surface area contributed by atoms with Crippen LogP contribution < -0.4 is 15.2 Å². The molecular weight excluding hydrogens is 424 g/mol. The van der Waals surface area contributed by atoms with Gasteiger partial charge in [0.25, 0.3) is 0 Å². The number of benzene rings is 3. The largest absolute Gasteiger partial charge is 0.491 e. The minimum absolute atomic E-state index is 0.0526. The molecule has 1 aliphatic carbocycles. The van der Waals surface area contributed by atoms with Gasteiger partial charge in [-0.3, -0.25) is 9.78 Å². The molecule has 1 saturated carbocycles. The summed E-state index contributed by atoms with van der Waals surface area (Å²) in [5.74, 6) is 2.33. The number of ether oxygens (including phenoxy) is 2. The van der Waals surface area contributed by atoms with Crippen molar-refractivity contribution in [1.82, 2.24) is 4.98 Å². The predicted molar refractivity (Wildman–Crippen MR) is 138 cm³/mol. The fourth-order valence-corrected chi connectivity index (χ4v) is 3.98. The van der Waals surface area contributed by atoms with E-state index >= 15 is 0 Å². The van der Waals surface area contributed by atoms with Crippen molar-refractivity contribution in [3.05, 3.63) is 71.9 Å². The van der Waals surface area contributed by atoms with Crippen LogP contribution in [0.5, 0.6) is 17.2 Å². The van der Waals surface area contributed by atoms with Crippen LogP contribution in [0.25, 0.3) is 21.7 Å². The summed E-state index contributed by atoms with van der Waals surface area (Å²) in [6, 6.07) is 17.5. The summed E-state index contributed by atoms with van der Waals surface area (Å²) in [5.41, 5.74) is 8.66. The molecule has 1 aliphatic rings. The van der Waals surface area contributed by atoms with Crippen LogP contribution in [-0.2, 0) is 6.42 Å². The SMILES string of the molecule is CC.CCc1cc2c(Oc3ccc4c(C(C)=O)cccc4c3)ccnc2cc1OCC1(N)CC1. The Morgan fingerprint density at radius 3 is 2.53 bits per heavy atom. The molecule has 0 spiro atoms. The van der Waals surface area contributed by atoms with Crippen molar-refractivity contribution >= 4 is 27.5 Å². The highest BCUT2D eigenvalue weighted by atomic mass is 16.5. The second-order valence-electron chi connectivity index (χ2n) is 8.64. The highest BCUT2D eigenvalue weighted by Gasteiger charge is 2.39. The number of hydrogen-bond acceptors (Lipinski definition) is 5. The molecule has 1 aromatic heterocycles. The lowest BCUT2D eigenvalue weighted by atomic mass is 10.0. The molecule has 2 N–H and O–H groups in total. The number of carbonyl (C=O) groups excluding carboxylic acids is 1. The van der Waals surface area contributed by atoms with E-state index in [0.717, 1.165) is 58.0 Å². The molecule has 1 fully saturated rings. The van der Waals surface area contributed by atoms with Crippen LogP contribution in [0.1, 0.15) is 56.5 Å². The number of ketones is 1. The smallest absolute Gasteiger partial charge is 0.160 e. The lowest BCUT2D eigenvalue weighted by Gasteiger charge is -2.16. The molecule has 0 aliphatic heterocycles. The van der Waals surface area contributed by atoms with E-state index in [2.05, 4.69) is 18.0 Å². The minimum Gasteiger partial charge on any atom is -0.491 e. The van der Waals surface area contributed by atoms with E-state index in [-0.39, 0.29) is 11.3 Å². The highest BCUT2D eigenvalue weighted by molar-refractivity contribution is 6.07. The first kappa shape index (κ1) is 23.7. The number of fused-ring (bicyclic) bond motifs is 2. The van der Waals surface area contributed by atoms with Crippen molar-refractivity contribution in [2.24, 2.45) is 5.73 Å². The number of nitrogens with two attached hydrogens (primary N) is 1. The Labute approximate surface area is 200 Å². The molecule has 5 nitrogen and oxygen atoms in total. The van der Waals surface area contributed by atoms with Crippen molar-refractivity contribution < 1.29 is 14.3 Å². The summed E-state index contributed by atoms with van der Waals surface area (Å²) >= 11 is 0. The highest BCUT2D eigenvalue weighted by Crippen LogP contribution is 2.37. The van der Waals surface area contributed by atoms with Crippen LogP contribution in [0.15, 0.2) is 60.8 Å². The number of aromatic nitrogens is 1. The van der Waals surface area contributed by atoms with Gasteiger partial charge in [-0.25, -0.2) is 0 Å². The Kier molecular flexibility index (Phi) is 6.85. The van der Waals surface area contributed by atoms with Crippen LogP contribution in [0, 0.1) is 0 Å². The van der Waals surface area contributed by atoms with Gasteiger partial charge in [-0.2, -0.15) is 0 Å². The molecular formula is C29H32N2O3. The first-order chi connectivity index (χ1) is 16.5. The number of pyridine rings is 1. The Bertz CT molecular complexity index is 1340. The molecule has 0 atom stereocenters. The molecule has 34 heavy (non-hydrogen) atoms. The minimum atomic E-state index is -0.170. The van der Waals surface area contributed by atoms with Gasteiger partial charge < -0.3 is 15.2 Å². The second kappa shape index (κ2) is 9.82. The Morgan fingerprint density at radius 1 is 1.03 bits per heavy atom. The third kappa shape index (κ3) is 4.90. The molecule has 0 saturated heterocycles. The van der Waals surface area contributed by atoms with Crippen molar-refractivity contribution in [3.63, 3.8) is 0 Å². The summed E-state index contributed by atoms with van der Waals surface area (Å²) in [5, 5.41) is 2.83. The second-order valence-corrected chi connectivity index (χ2v) is 8.64. The van der Waals surface area contributed by atoms with E-state index in [9.17, 15) is 4.79 Å². The van der Waals surface area contributed by atoms with Crippen molar-refractivity contribution in [1.29, 1.82) is 0 Å². The van der Waals surface area contributed by atoms with Crippen LogP contribution in [0.2, 0.25) is 0 Å². The van der Waals surface area contributed by atoms with Gasteiger partial charge in [0.05, 0.1) is 11.1 Å². The Hall–Kier alpha value is -3.44. The molecule has 4 aromatic rings. The summed E-state index contributed by atoms with van der Waals surface area (Å²) in [6.45, 7) is 8.22. The lowest BCUT2D eigenvalue weighted by molar-refractivity contribution is 0.101. The molecule has 5 rings (SSSR count). The maximum Gasteiger partial charge on any atom is 0.160 e. The van der Waals surface area contributed by atoms with Gasteiger partial charge in [0.2, 0.25) is 0 Å². The van der Waals surface area contributed by atoms with Gasteiger partial charge in [0, 0.05) is 23.2 Å². The molecule has 1 heterocycles. The van der Waals surface area contributed by atoms with Crippen LogP contribution >= 0.6 is 0 Å².